The highest BCUT2D eigenvalue weighted by Gasteiger charge is 2.28. The maximum absolute atomic E-state index is 12.8. The van der Waals surface area contributed by atoms with Crippen molar-refractivity contribution in [1.82, 2.24) is 5.32 Å². The average Bonchev–Trinajstić information content (AvgIpc) is 3.48. The number of thiophene rings is 1. The molecule has 9 heteroatoms. The summed E-state index contributed by atoms with van der Waals surface area (Å²) in [6.07, 6.45) is -0.232. The summed E-state index contributed by atoms with van der Waals surface area (Å²) in [6, 6.07) is 16.4. The highest BCUT2D eigenvalue weighted by atomic mass is 79.9. The van der Waals surface area contributed by atoms with E-state index in [1.807, 2.05) is 30.3 Å². The molecule has 2 amide bonds. The van der Waals surface area contributed by atoms with Gasteiger partial charge in [0.05, 0.1) is 23.7 Å². The Hall–Kier alpha value is -2.88. The average molecular weight is 516 g/mol. The Balaban J connectivity index is 1.48. The van der Waals surface area contributed by atoms with Crippen LogP contribution in [0.15, 0.2) is 59.1 Å². The molecule has 1 aliphatic rings. The summed E-state index contributed by atoms with van der Waals surface area (Å²) in [5.41, 5.74) is 2.15. The van der Waals surface area contributed by atoms with Crippen LogP contribution in [0.5, 0.6) is 5.75 Å². The number of anilines is 2. The van der Waals surface area contributed by atoms with Gasteiger partial charge in [-0.15, -0.1) is 11.3 Å². The molecule has 0 bridgehead atoms. The zero-order valence-electron chi connectivity index (χ0n) is 17.3. The van der Waals surface area contributed by atoms with Gasteiger partial charge in [-0.1, -0.05) is 0 Å². The lowest BCUT2D eigenvalue weighted by molar-refractivity contribution is 0.103. The number of rotatable bonds is 6. The van der Waals surface area contributed by atoms with Crippen LogP contribution in [-0.2, 0) is 0 Å². The molecule has 32 heavy (non-hydrogen) atoms. The van der Waals surface area contributed by atoms with Crippen molar-refractivity contribution in [2.24, 2.45) is 0 Å². The van der Waals surface area contributed by atoms with E-state index in [4.69, 9.17) is 4.74 Å². The number of benzene rings is 2. The first-order valence-electron chi connectivity index (χ1n) is 10.0. The number of carbonyl (C=O) groups excluding carboxylic acids is 1. The molecule has 0 spiro atoms. The summed E-state index contributed by atoms with van der Waals surface area (Å²) in [6.45, 7) is 1.42. The van der Waals surface area contributed by atoms with E-state index >= 15 is 0 Å². The van der Waals surface area contributed by atoms with Gasteiger partial charge in [-0.25, -0.2) is 4.79 Å². The number of methoxy groups -OCH3 is 1. The molecule has 0 saturated carbocycles. The molecule has 1 saturated heterocycles. The summed E-state index contributed by atoms with van der Waals surface area (Å²) < 4.78 is 5.81. The van der Waals surface area contributed by atoms with Crippen LogP contribution in [0.3, 0.4) is 0 Å². The van der Waals surface area contributed by atoms with Crippen LogP contribution in [-0.4, -0.2) is 43.3 Å². The van der Waals surface area contributed by atoms with Crippen molar-refractivity contribution in [2.45, 2.75) is 12.5 Å². The molecule has 1 unspecified atom stereocenters. The second kappa shape index (κ2) is 9.72. The molecule has 3 N–H and O–H groups in total. The smallest absolute Gasteiger partial charge is 0.412 e. The van der Waals surface area contributed by atoms with Gasteiger partial charge in [0.2, 0.25) is 0 Å². The van der Waals surface area contributed by atoms with Gasteiger partial charge in [-0.3, -0.25) is 9.69 Å². The van der Waals surface area contributed by atoms with Gasteiger partial charge in [-0.2, -0.15) is 0 Å². The molecule has 2 heterocycles. The molecule has 1 aromatic heterocycles. The SMILES string of the molecule is COc1ccc(-c2ccc(C(=O)Nc3ccc(N(C(=O)O)C4CCNC4)cc3Br)s2)cc1. The molecule has 3 aromatic rings. The van der Waals surface area contributed by atoms with E-state index in [-0.39, 0.29) is 11.9 Å². The van der Waals surface area contributed by atoms with Gasteiger partial charge in [0.15, 0.2) is 0 Å². The van der Waals surface area contributed by atoms with Crippen molar-refractivity contribution in [1.29, 1.82) is 0 Å². The molecule has 4 rings (SSSR count). The van der Waals surface area contributed by atoms with Gasteiger partial charge in [-0.05, 0) is 89.1 Å². The zero-order chi connectivity index (χ0) is 22.7. The van der Waals surface area contributed by atoms with E-state index < -0.39 is 6.09 Å². The molecular formula is C23H22BrN3O4S. The summed E-state index contributed by atoms with van der Waals surface area (Å²) >= 11 is 4.87. The maximum Gasteiger partial charge on any atom is 0.412 e. The Morgan fingerprint density at radius 3 is 2.59 bits per heavy atom. The van der Waals surface area contributed by atoms with Crippen LogP contribution < -0.4 is 20.3 Å². The Labute approximate surface area is 198 Å². The molecule has 1 atom stereocenters. The zero-order valence-corrected chi connectivity index (χ0v) is 19.7. The minimum atomic E-state index is -0.993. The first kappa shape index (κ1) is 22.3. The van der Waals surface area contributed by atoms with Gasteiger partial charge < -0.3 is 20.5 Å². The predicted molar refractivity (Wildman–Crippen MR) is 130 cm³/mol. The summed E-state index contributed by atoms with van der Waals surface area (Å²) in [5.74, 6) is 0.556. The van der Waals surface area contributed by atoms with Crippen LogP contribution in [0.1, 0.15) is 16.1 Å². The molecule has 0 aliphatic carbocycles. The Morgan fingerprint density at radius 2 is 1.97 bits per heavy atom. The summed E-state index contributed by atoms with van der Waals surface area (Å²) in [5, 5.41) is 15.8. The number of hydrogen-bond acceptors (Lipinski definition) is 5. The Morgan fingerprint density at radius 1 is 1.19 bits per heavy atom. The third-order valence-electron chi connectivity index (χ3n) is 5.29. The number of hydrogen-bond donors (Lipinski definition) is 3. The molecule has 1 fully saturated rings. The Kier molecular flexibility index (Phi) is 6.78. The van der Waals surface area contributed by atoms with Crippen LogP contribution in [0.2, 0.25) is 0 Å². The molecule has 7 nitrogen and oxygen atoms in total. The second-order valence-electron chi connectivity index (χ2n) is 7.31. The fraction of sp³-hybridized carbons (Fsp3) is 0.217. The summed E-state index contributed by atoms with van der Waals surface area (Å²) in [4.78, 5) is 27.5. The number of halogens is 1. The third kappa shape index (κ3) is 4.79. The molecule has 0 radical (unpaired) electrons. The number of carboxylic acid groups (broad SMARTS) is 1. The van der Waals surface area contributed by atoms with Crippen LogP contribution >= 0.6 is 27.3 Å². The van der Waals surface area contributed by atoms with Crippen molar-refractivity contribution in [2.75, 3.05) is 30.4 Å². The predicted octanol–water partition coefficient (Wildman–Crippen LogP) is 5.28. The number of amides is 2. The van der Waals surface area contributed by atoms with E-state index in [0.29, 0.717) is 27.3 Å². The fourth-order valence-electron chi connectivity index (χ4n) is 3.65. The van der Waals surface area contributed by atoms with Crippen molar-refractivity contribution < 1.29 is 19.4 Å². The lowest BCUT2D eigenvalue weighted by atomic mass is 10.2. The monoisotopic (exact) mass is 515 g/mol. The molecular weight excluding hydrogens is 494 g/mol. The first-order chi connectivity index (χ1) is 15.5. The number of carbonyl (C=O) groups is 2. The third-order valence-corrected chi connectivity index (χ3v) is 7.08. The van der Waals surface area contributed by atoms with E-state index in [0.717, 1.165) is 29.2 Å². The minimum Gasteiger partial charge on any atom is -0.497 e. The minimum absolute atomic E-state index is 0.109. The van der Waals surface area contributed by atoms with Gasteiger partial charge in [0.25, 0.3) is 5.91 Å². The molecule has 2 aromatic carbocycles. The first-order valence-corrected chi connectivity index (χ1v) is 11.7. The van der Waals surface area contributed by atoms with Crippen molar-refractivity contribution in [3.63, 3.8) is 0 Å². The van der Waals surface area contributed by atoms with Gasteiger partial charge in [0, 0.05) is 21.6 Å². The molecule has 166 valence electrons. The maximum atomic E-state index is 12.8. The normalized spacial score (nSPS) is 15.4. The summed E-state index contributed by atoms with van der Waals surface area (Å²) in [7, 11) is 1.62. The number of nitrogens with one attached hydrogen (secondary N) is 2. The largest absolute Gasteiger partial charge is 0.497 e. The van der Waals surface area contributed by atoms with Crippen molar-refractivity contribution >= 4 is 50.6 Å². The van der Waals surface area contributed by atoms with Crippen molar-refractivity contribution in [3.8, 4) is 16.2 Å². The second-order valence-corrected chi connectivity index (χ2v) is 9.25. The van der Waals surface area contributed by atoms with E-state index in [2.05, 4.69) is 26.6 Å². The number of nitrogens with zero attached hydrogens (tertiary/aromatic N) is 1. The quantitative estimate of drug-likeness (QED) is 0.415. The van der Waals surface area contributed by atoms with Gasteiger partial charge >= 0.3 is 6.09 Å². The van der Waals surface area contributed by atoms with Crippen LogP contribution in [0.25, 0.3) is 10.4 Å². The van der Waals surface area contributed by atoms with E-state index in [1.165, 1.54) is 16.2 Å². The van der Waals surface area contributed by atoms with E-state index in [1.54, 1.807) is 31.4 Å². The highest BCUT2D eigenvalue weighted by Crippen LogP contribution is 2.33. The number of ether oxygens (including phenoxy) is 1. The van der Waals surface area contributed by atoms with Crippen LogP contribution in [0, 0.1) is 0 Å². The highest BCUT2D eigenvalue weighted by molar-refractivity contribution is 9.10. The van der Waals surface area contributed by atoms with Gasteiger partial charge in [0.1, 0.15) is 5.75 Å². The lowest BCUT2D eigenvalue weighted by Crippen LogP contribution is -2.40. The van der Waals surface area contributed by atoms with E-state index in [9.17, 15) is 14.7 Å². The fourth-order valence-corrected chi connectivity index (χ4v) is 5.02. The molecule has 1 aliphatic heterocycles. The standard InChI is InChI=1S/C23H22BrN3O4S/c1-31-17-5-2-14(3-6-17)20-8-9-21(32-20)22(28)26-19-7-4-15(12-18(19)24)27(23(29)30)16-10-11-25-13-16/h2-9,12,16,25H,10-11,13H2,1H3,(H,26,28)(H,29,30). The lowest BCUT2D eigenvalue weighted by Gasteiger charge is -2.26. The van der Waals surface area contributed by atoms with Crippen molar-refractivity contribution in [3.05, 3.63) is 63.9 Å². The topological polar surface area (TPSA) is 90.9 Å². The van der Waals surface area contributed by atoms with Crippen LogP contribution in [0.4, 0.5) is 16.2 Å². The Bertz CT molecular complexity index is 1130.